The lowest BCUT2D eigenvalue weighted by Crippen LogP contribution is -3.19. The van der Waals surface area contributed by atoms with Crippen molar-refractivity contribution in [3.8, 4) is 0 Å². The highest BCUT2D eigenvalue weighted by Gasteiger charge is 2.36. The second-order valence-electron chi connectivity index (χ2n) is 7.56. The lowest BCUT2D eigenvalue weighted by Gasteiger charge is -2.35. The van der Waals surface area contributed by atoms with Gasteiger partial charge in [-0.2, -0.15) is 4.31 Å². The van der Waals surface area contributed by atoms with Crippen molar-refractivity contribution < 1.29 is 27.6 Å². The Morgan fingerprint density at radius 1 is 1.07 bits per heavy atom. The van der Waals surface area contributed by atoms with Crippen LogP contribution < -0.4 is 4.90 Å². The molecule has 1 amide bonds. The van der Waals surface area contributed by atoms with E-state index in [2.05, 4.69) is 0 Å². The average Bonchev–Trinajstić information content (AvgIpc) is 3.28. The summed E-state index contributed by atoms with van der Waals surface area (Å²) in [5.74, 6) is -0.298. The fraction of sp³-hybridized carbons (Fsp3) is 0.600. The summed E-state index contributed by atoms with van der Waals surface area (Å²) < 4.78 is 32.3. The first-order valence-corrected chi connectivity index (χ1v) is 11.7. The van der Waals surface area contributed by atoms with Crippen LogP contribution in [0.2, 0.25) is 0 Å². The SMILES string of the molecule is CCOC(=O)c1ccc(S(=O)(=O)N2CC[NH+]([C@@H](C)C(=O)N3CCCC3)CC2)cc1. The van der Waals surface area contributed by atoms with E-state index < -0.39 is 16.0 Å². The van der Waals surface area contributed by atoms with Crippen LogP contribution >= 0.6 is 0 Å². The Labute approximate surface area is 172 Å². The number of esters is 1. The number of ether oxygens (including phenoxy) is 1. The van der Waals surface area contributed by atoms with Gasteiger partial charge >= 0.3 is 5.97 Å². The van der Waals surface area contributed by atoms with Gasteiger partial charge in [0.15, 0.2) is 6.04 Å². The van der Waals surface area contributed by atoms with E-state index in [1.807, 2.05) is 11.8 Å². The number of hydrogen-bond acceptors (Lipinski definition) is 5. The zero-order valence-electron chi connectivity index (χ0n) is 17.1. The van der Waals surface area contributed by atoms with Crippen molar-refractivity contribution in [2.75, 3.05) is 45.9 Å². The molecule has 29 heavy (non-hydrogen) atoms. The van der Waals surface area contributed by atoms with Gasteiger partial charge in [0, 0.05) is 13.1 Å². The van der Waals surface area contributed by atoms with Crippen molar-refractivity contribution in [3.63, 3.8) is 0 Å². The first-order valence-electron chi connectivity index (χ1n) is 10.2. The number of sulfonamides is 1. The Bertz CT molecular complexity index is 826. The third kappa shape index (κ3) is 4.79. The summed E-state index contributed by atoms with van der Waals surface area (Å²) in [4.78, 5) is 27.6. The van der Waals surface area contributed by atoms with E-state index in [9.17, 15) is 18.0 Å². The van der Waals surface area contributed by atoms with Crippen LogP contribution in [0.25, 0.3) is 0 Å². The van der Waals surface area contributed by atoms with Gasteiger partial charge in [-0.15, -0.1) is 0 Å². The van der Waals surface area contributed by atoms with Crippen LogP contribution in [0.1, 0.15) is 37.0 Å². The minimum Gasteiger partial charge on any atom is -0.462 e. The summed E-state index contributed by atoms with van der Waals surface area (Å²) in [6.45, 7) is 7.53. The van der Waals surface area contributed by atoms with Crippen molar-refractivity contribution in [1.82, 2.24) is 9.21 Å². The van der Waals surface area contributed by atoms with Gasteiger partial charge in [-0.3, -0.25) is 4.79 Å². The number of likely N-dealkylation sites (tertiary alicyclic amines) is 1. The van der Waals surface area contributed by atoms with Gasteiger partial charge in [0.1, 0.15) is 0 Å². The first-order chi connectivity index (χ1) is 13.8. The molecule has 8 nitrogen and oxygen atoms in total. The summed E-state index contributed by atoms with van der Waals surface area (Å²) in [5.41, 5.74) is 0.328. The summed E-state index contributed by atoms with van der Waals surface area (Å²) in [7, 11) is -3.63. The van der Waals surface area contributed by atoms with E-state index in [1.54, 1.807) is 6.92 Å². The van der Waals surface area contributed by atoms with E-state index >= 15 is 0 Å². The van der Waals surface area contributed by atoms with Gasteiger partial charge in [-0.1, -0.05) is 0 Å². The number of nitrogens with one attached hydrogen (secondary N) is 1. The lowest BCUT2D eigenvalue weighted by molar-refractivity contribution is -0.918. The molecule has 2 aliphatic heterocycles. The van der Waals surface area contributed by atoms with Gasteiger partial charge in [0.25, 0.3) is 5.91 Å². The van der Waals surface area contributed by atoms with Crippen LogP contribution in [0.4, 0.5) is 0 Å². The van der Waals surface area contributed by atoms with Crippen LogP contribution in [0.5, 0.6) is 0 Å². The van der Waals surface area contributed by atoms with Crippen LogP contribution in [-0.4, -0.2) is 81.4 Å². The van der Waals surface area contributed by atoms with E-state index in [1.165, 1.54) is 28.6 Å². The van der Waals surface area contributed by atoms with Crippen molar-refractivity contribution in [2.24, 2.45) is 0 Å². The molecule has 2 heterocycles. The van der Waals surface area contributed by atoms with Crippen molar-refractivity contribution in [2.45, 2.75) is 37.6 Å². The number of rotatable bonds is 6. The van der Waals surface area contributed by atoms with Crippen LogP contribution in [0.15, 0.2) is 29.2 Å². The number of benzene rings is 1. The van der Waals surface area contributed by atoms with Crippen molar-refractivity contribution in [3.05, 3.63) is 29.8 Å². The molecule has 0 aromatic heterocycles. The molecular formula is C20H30N3O5S+. The number of carbonyl (C=O) groups excluding carboxylic acids is 2. The normalized spacial score (nSPS) is 19.9. The molecule has 0 radical (unpaired) electrons. The lowest BCUT2D eigenvalue weighted by atomic mass is 10.2. The number of quaternary nitrogens is 1. The van der Waals surface area contributed by atoms with Crippen molar-refractivity contribution in [1.29, 1.82) is 0 Å². The Morgan fingerprint density at radius 3 is 2.21 bits per heavy atom. The molecule has 0 bridgehead atoms. The van der Waals surface area contributed by atoms with Gasteiger partial charge in [0.2, 0.25) is 10.0 Å². The molecule has 2 fully saturated rings. The van der Waals surface area contributed by atoms with Crippen LogP contribution in [0.3, 0.4) is 0 Å². The third-order valence-corrected chi connectivity index (χ3v) is 7.68. The molecule has 3 rings (SSSR count). The Balaban J connectivity index is 1.60. The highest BCUT2D eigenvalue weighted by atomic mass is 32.2. The fourth-order valence-corrected chi connectivity index (χ4v) is 5.40. The zero-order chi connectivity index (χ0) is 21.0. The summed E-state index contributed by atoms with van der Waals surface area (Å²) in [6.07, 6.45) is 2.13. The van der Waals surface area contributed by atoms with Gasteiger partial charge in [-0.25, -0.2) is 13.2 Å². The number of carbonyl (C=O) groups is 2. The molecule has 1 aromatic rings. The zero-order valence-corrected chi connectivity index (χ0v) is 17.9. The van der Waals surface area contributed by atoms with Gasteiger partial charge < -0.3 is 14.5 Å². The van der Waals surface area contributed by atoms with Gasteiger partial charge in [0.05, 0.1) is 43.2 Å². The molecule has 1 N–H and O–H groups in total. The smallest absolute Gasteiger partial charge is 0.338 e. The summed E-state index contributed by atoms with van der Waals surface area (Å²) in [6, 6.07) is 5.69. The first kappa shape index (κ1) is 21.7. The quantitative estimate of drug-likeness (QED) is 0.637. The number of piperazine rings is 1. The van der Waals surface area contributed by atoms with Crippen LogP contribution in [0, 0.1) is 0 Å². The molecule has 0 aliphatic carbocycles. The highest BCUT2D eigenvalue weighted by Crippen LogP contribution is 2.17. The molecule has 0 spiro atoms. The predicted octanol–water partition coefficient (Wildman–Crippen LogP) is -0.237. The van der Waals surface area contributed by atoms with E-state index in [0.29, 0.717) is 31.7 Å². The monoisotopic (exact) mass is 424 g/mol. The maximum atomic E-state index is 12.9. The third-order valence-electron chi connectivity index (χ3n) is 5.77. The molecule has 9 heteroatoms. The molecule has 0 unspecified atom stereocenters. The van der Waals surface area contributed by atoms with Crippen molar-refractivity contribution >= 4 is 21.9 Å². The summed E-state index contributed by atoms with van der Waals surface area (Å²) >= 11 is 0. The Hall–Kier alpha value is -1.97. The predicted molar refractivity (Wildman–Crippen MR) is 107 cm³/mol. The summed E-state index contributed by atoms with van der Waals surface area (Å²) in [5, 5.41) is 0. The second kappa shape index (κ2) is 9.23. The molecule has 2 saturated heterocycles. The molecular weight excluding hydrogens is 394 g/mol. The number of hydrogen-bond donors (Lipinski definition) is 1. The topological polar surface area (TPSA) is 88.4 Å². The van der Waals surface area contributed by atoms with E-state index in [4.69, 9.17) is 4.74 Å². The number of nitrogens with zero attached hydrogens (tertiary/aromatic N) is 2. The molecule has 160 valence electrons. The Morgan fingerprint density at radius 2 is 1.66 bits per heavy atom. The molecule has 0 saturated carbocycles. The maximum Gasteiger partial charge on any atom is 0.338 e. The maximum absolute atomic E-state index is 12.9. The fourth-order valence-electron chi connectivity index (χ4n) is 3.96. The van der Waals surface area contributed by atoms with Crippen LogP contribution in [-0.2, 0) is 19.6 Å². The average molecular weight is 425 g/mol. The van der Waals surface area contributed by atoms with E-state index in [0.717, 1.165) is 30.8 Å². The second-order valence-corrected chi connectivity index (χ2v) is 9.50. The molecule has 1 atom stereocenters. The number of amides is 1. The minimum absolute atomic E-state index is 0.151. The van der Waals surface area contributed by atoms with Gasteiger partial charge in [-0.05, 0) is 51.0 Å². The highest BCUT2D eigenvalue weighted by molar-refractivity contribution is 7.89. The van der Waals surface area contributed by atoms with E-state index in [-0.39, 0.29) is 23.5 Å². The minimum atomic E-state index is -3.63. The molecule has 1 aromatic carbocycles. The molecule has 2 aliphatic rings. The Kier molecular flexibility index (Phi) is 6.92. The largest absolute Gasteiger partial charge is 0.462 e. The standard InChI is InChI=1S/C20H29N3O5S/c1-3-28-20(25)17-6-8-18(9-7-17)29(26,27)23-14-12-21(13-15-23)16(2)19(24)22-10-4-5-11-22/h6-9,16H,3-5,10-15H2,1-2H3/p+1/t16-/m0/s1.